The van der Waals surface area contributed by atoms with Gasteiger partial charge in [-0.1, -0.05) is 6.58 Å². The molecule has 0 atom stereocenters. The molecule has 1 saturated heterocycles. The van der Waals surface area contributed by atoms with Gasteiger partial charge in [-0.3, -0.25) is 4.90 Å². The second-order valence-corrected chi connectivity index (χ2v) is 2.96. The monoisotopic (exact) mass is 177 g/mol. The lowest BCUT2D eigenvalue weighted by molar-refractivity contribution is -0.131. The molecule has 1 fully saturated rings. The fourth-order valence-corrected chi connectivity index (χ4v) is 1.22. The largest absolute Gasteiger partial charge is 0.502 e. The smallest absolute Gasteiger partial charge is 0.272 e. The van der Waals surface area contributed by atoms with Crippen molar-refractivity contribution in [3.8, 4) is 0 Å². The fraction of sp³-hybridized carbons (Fsp3) is 0.750. The van der Waals surface area contributed by atoms with E-state index in [9.17, 15) is 8.78 Å². The third-order valence-corrected chi connectivity index (χ3v) is 1.76. The normalized spacial score (nSPS) is 21.5. The Hall–Kier alpha value is -0.640. The summed E-state index contributed by atoms with van der Waals surface area (Å²) in [6, 6.07) is 0. The van der Waals surface area contributed by atoms with E-state index in [0.717, 1.165) is 6.42 Å². The molecule has 4 heteroatoms. The number of alkyl halides is 2. The summed E-state index contributed by atoms with van der Waals surface area (Å²) in [5, 5.41) is 0. The van der Waals surface area contributed by atoms with E-state index in [2.05, 4.69) is 6.58 Å². The first kappa shape index (κ1) is 9.45. The molecule has 1 rings (SSSR count). The first-order valence-corrected chi connectivity index (χ1v) is 3.97. The highest BCUT2D eigenvalue weighted by Crippen LogP contribution is 2.26. The molecule has 1 aliphatic rings. The van der Waals surface area contributed by atoms with E-state index in [0.29, 0.717) is 13.2 Å². The summed E-state index contributed by atoms with van der Waals surface area (Å²) >= 11 is 0. The average Bonchev–Trinajstić information content (AvgIpc) is 1.94. The van der Waals surface area contributed by atoms with Crippen LogP contribution in [0, 0.1) is 0 Å². The minimum absolute atomic E-state index is 0.0961. The third kappa shape index (κ3) is 2.77. The molecule has 0 N–H and O–H groups in total. The van der Waals surface area contributed by atoms with Gasteiger partial charge in [-0.05, 0) is 6.42 Å². The number of nitrogens with zero attached hydrogens (tertiary/aromatic N) is 1. The highest BCUT2D eigenvalue weighted by molar-refractivity contribution is 4.86. The highest BCUT2D eigenvalue weighted by atomic mass is 19.3. The molecule has 0 aromatic carbocycles. The molecule has 0 spiro atoms. The molecule has 0 amide bonds. The van der Waals surface area contributed by atoms with Crippen LogP contribution in [-0.4, -0.2) is 37.1 Å². The van der Waals surface area contributed by atoms with Crippen molar-refractivity contribution in [2.24, 2.45) is 0 Å². The summed E-state index contributed by atoms with van der Waals surface area (Å²) in [5.74, 6) is -2.45. The van der Waals surface area contributed by atoms with Crippen molar-refractivity contribution in [1.29, 1.82) is 0 Å². The summed E-state index contributed by atoms with van der Waals surface area (Å²) in [6.07, 6.45) is 2.15. The van der Waals surface area contributed by atoms with E-state index in [1.54, 1.807) is 4.90 Å². The maximum atomic E-state index is 12.3. The van der Waals surface area contributed by atoms with E-state index >= 15 is 0 Å². The molecule has 0 saturated carbocycles. The fourth-order valence-electron chi connectivity index (χ4n) is 1.22. The summed E-state index contributed by atoms with van der Waals surface area (Å²) in [6.45, 7) is 4.43. The van der Waals surface area contributed by atoms with E-state index in [1.165, 1.54) is 6.26 Å². The van der Waals surface area contributed by atoms with Gasteiger partial charge in [0.15, 0.2) is 0 Å². The Morgan fingerprint density at radius 3 is 2.67 bits per heavy atom. The lowest BCUT2D eigenvalue weighted by atomic mass is 10.1. The van der Waals surface area contributed by atoms with Gasteiger partial charge in [0, 0.05) is 6.54 Å². The van der Waals surface area contributed by atoms with Gasteiger partial charge in [-0.2, -0.15) is 0 Å². The first-order chi connectivity index (χ1) is 5.64. The summed E-state index contributed by atoms with van der Waals surface area (Å²) in [5.41, 5.74) is 0. The number of hydrogen-bond acceptors (Lipinski definition) is 2. The van der Waals surface area contributed by atoms with E-state index in [4.69, 9.17) is 4.74 Å². The van der Waals surface area contributed by atoms with Gasteiger partial charge in [0.05, 0.1) is 26.0 Å². The Morgan fingerprint density at radius 1 is 1.50 bits per heavy atom. The Morgan fingerprint density at radius 2 is 2.17 bits per heavy atom. The Labute approximate surface area is 70.8 Å². The van der Waals surface area contributed by atoms with Gasteiger partial charge in [-0.15, -0.1) is 0 Å². The molecular weight excluding hydrogens is 164 g/mol. The van der Waals surface area contributed by atoms with Crippen LogP contribution in [0.3, 0.4) is 0 Å². The van der Waals surface area contributed by atoms with Gasteiger partial charge < -0.3 is 4.74 Å². The van der Waals surface area contributed by atoms with Crippen molar-refractivity contribution < 1.29 is 13.5 Å². The quantitative estimate of drug-likeness (QED) is 0.466. The molecule has 1 heterocycles. The topological polar surface area (TPSA) is 12.5 Å². The lowest BCUT2D eigenvalue weighted by Crippen LogP contribution is -2.56. The summed E-state index contributed by atoms with van der Waals surface area (Å²) < 4.78 is 29.4. The van der Waals surface area contributed by atoms with Crippen molar-refractivity contribution in [2.75, 3.05) is 26.2 Å². The molecule has 0 bridgehead atoms. The van der Waals surface area contributed by atoms with Crippen LogP contribution in [0.25, 0.3) is 0 Å². The predicted octanol–water partition coefficient (Wildman–Crippen LogP) is 1.49. The van der Waals surface area contributed by atoms with E-state index in [-0.39, 0.29) is 13.1 Å². The van der Waals surface area contributed by atoms with Crippen LogP contribution >= 0.6 is 0 Å². The third-order valence-electron chi connectivity index (χ3n) is 1.76. The number of ether oxygens (including phenoxy) is 1. The Balaban J connectivity index is 1.93. The van der Waals surface area contributed by atoms with Crippen LogP contribution in [0.4, 0.5) is 8.78 Å². The number of halogens is 2. The van der Waals surface area contributed by atoms with Gasteiger partial charge in [-0.25, -0.2) is 8.78 Å². The van der Waals surface area contributed by atoms with Gasteiger partial charge >= 0.3 is 0 Å². The molecule has 1 aliphatic heterocycles. The van der Waals surface area contributed by atoms with Crippen LogP contribution < -0.4 is 0 Å². The van der Waals surface area contributed by atoms with Crippen LogP contribution in [0.2, 0.25) is 0 Å². The van der Waals surface area contributed by atoms with Gasteiger partial charge in [0.1, 0.15) is 0 Å². The van der Waals surface area contributed by atoms with Crippen LogP contribution in [0.5, 0.6) is 0 Å². The molecule has 70 valence electrons. The van der Waals surface area contributed by atoms with Crippen LogP contribution in [0.1, 0.15) is 6.42 Å². The zero-order chi connectivity index (χ0) is 9.03. The Bertz CT molecular complexity index is 153. The second-order valence-electron chi connectivity index (χ2n) is 2.96. The first-order valence-electron chi connectivity index (χ1n) is 3.97. The second kappa shape index (κ2) is 3.85. The SMILES string of the molecule is C=COCCCN1CC(F)(F)C1. The van der Waals surface area contributed by atoms with E-state index < -0.39 is 5.92 Å². The zero-order valence-electron chi connectivity index (χ0n) is 6.93. The van der Waals surface area contributed by atoms with Crippen molar-refractivity contribution >= 4 is 0 Å². The van der Waals surface area contributed by atoms with Gasteiger partial charge in [0.2, 0.25) is 0 Å². The molecule has 0 aromatic rings. The molecule has 0 unspecified atom stereocenters. The summed E-state index contributed by atoms with van der Waals surface area (Å²) in [4.78, 5) is 1.71. The molecule has 0 aliphatic carbocycles. The van der Waals surface area contributed by atoms with Crippen molar-refractivity contribution in [2.45, 2.75) is 12.3 Å². The molecule has 2 nitrogen and oxygen atoms in total. The predicted molar refractivity (Wildman–Crippen MR) is 42.2 cm³/mol. The van der Waals surface area contributed by atoms with Crippen molar-refractivity contribution in [3.05, 3.63) is 12.8 Å². The van der Waals surface area contributed by atoms with Crippen molar-refractivity contribution in [1.82, 2.24) is 4.90 Å². The summed E-state index contributed by atoms with van der Waals surface area (Å²) in [7, 11) is 0. The number of rotatable bonds is 5. The average molecular weight is 177 g/mol. The standard InChI is InChI=1S/C8H13F2NO/c1-2-12-5-3-4-11-6-8(9,10)7-11/h2H,1,3-7H2. The minimum Gasteiger partial charge on any atom is -0.502 e. The van der Waals surface area contributed by atoms with Crippen LogP contribution in [-0.2, 0) is 4.74 Å². The van der Waals surface area contributed by atoms with Gasteiger partial charge in [0.25, 0.3) is 5.92 Å². The minimum atomic E-state index is -2.45. The number of likely N-dealkylation sites (tertiary alicyclic amines) is 1. The number of hydrogen-bond donors (Lipinski definition) is 0. The molecule has 0 radical (unpaired) electrons. The molecular formula is C8H13F2NO. The molecule has 0 aromatic heterocycles. The lowest BCUT2D eigenvalue weighted by Gasteiger charge is -2.38. The van der Waals surface area contributed by atoms with Crippen molar-refractivity contribution in [3.63, 3.8) is 0 Å². The van der Waals surface area contributed by atoms with E-state index in [1.807, 2.05) is 0 Å². The van der Waals surface area contributed by atoms with Crippen LogP contribution in [0.15, 0.2) is 12.8 Å². The maximum Gasteiger partial charge on any atom is 0.272 e. The zero-order valence-corrected chi connectivity index (χ0v) is 6.93. The maximum absolute atomic E-state index is 12.3. The molecule has 12 heavy (non-hydrogen) atoms. The highest BCUT2D eigenvalue weighted by Gasteiger charge is 2.42. The Kier molecular flexibility index (Phi) is 3.03.